The quantitative estimate of drug-likeness (QED) is 0.711. The summed E-state index contributed by atoms with van der Waals surface area (Å²) in [6.07, 6.45) is 0. The maximum atomic E-state index is 12.8. The van der Waals surface area contributed by atoms with Crippen LogP contribution < -0.4 is 5.32 Å². The van der Waals surface area contributed by atoms with Crippen molar-refractivity contribution in [2.75, 3.05) is 38.0 Å². The molecule has 2 heterocycles. The van der Waals surface area contributed by atoms with Gasteiger partial charge in [0, 0.05) is 37.1 Å². The highest BCUT2D eigenvalue weighted by atomic mass is 35.5. The number of rotatable bonds is 4. The van der Waals surface area contributed by atoms with Crippen LogP contribution in [0.15, 0.2) is 54.6 Å². The van der Waals surface area contributed by atoms with Crippen molar-refractivity contribution in [3.8, 4) is 0 Å². The minimum Gasteiger partial charge on any atom is -0.351 e. The lowest BCUT2D eigenvalue weighted by molar-refractivity contribution is -0.117. The fourth-order valence-corrected chi connectivity index (χ4v) is 3.61. The number of nitrogens with zero attached hydrogens (tertiary/aromatic N) is 2. The van der Waals surface area contributed by atoms with Gasteiger partial charge in [0.1, 0.15) is 5.69 Å². The van der Waals surface area contributed by atoms with Gasteiger partial charge in [-0.1, -0.05) is 41.9 Å². The number of fused-ring (bicyclic) bond motifs is 1. The van der Waals surface area contributed by atoms with Gasteiger partial charge < -0.3 is 15.2 Å². The number of hydrogen-bond acceptors (Lipinski definition) is 3. The average molecular weight is 397 g/mol. The van der Waals surface area contributed by atoms with Crippen molar-refractivity contribution < 1.29 is 9.59 Å². The van der Waals surface area contributed by atoms with E-state index in [-0.39, 0.29) is 18.4 Å². The second kappa shape index (κ2) is 8.04. The van der Waals surface area contributed by atoms with Crippen molar-refractivity contribution in [3.63, 3.8) is 0 Å². The third kappa shape index (κ3) is 4.03. The molecule has 4 rings (SSSR count). The van der Waals surface area contributed by atoms with E-state index in [9.17, 15) is 9.59 Å². The number of benzene rings is 2. The summed E-state index contributed by atoms with van der Waals surface area (Å²) in [5, 5.41) is 4.38. The molecule has 1 aromatic heterocycles. The molecule has 1 aliphatic rings. The smallest absolute Gasteiger partial charge is 0.270 e. The van der Waals surface area contributed by atoms with Crippen LogP contribution in [0.4, 0.5) is 5.69 Å². The highest BCUT2D eigenvalue weighted by Crippen LogP contribution is 2.20. The van der Waals surface area contributed by atoms with Crippen LogP contribution in [-0.4, -0.2) is 59.3 Å². The number of anilines is 1. The molecule has 0 radical (unpaired) electrons. The molecular weight excluding hydrogens is 376 g/mol. The largest absolute Gasteiger partial charge is 0.351 e. The Morgan fingerprint density at radius 1 is 1.00 bits per heavy atom. The summed E-state index contributed by atoms with van der Waals surface area (Å²) in [4.78, 5) is 32.1. The van der Waals surface area contributed by atoms with E-state index >= 15 is 0 Å². The normalized spacial score (nSPS) is 15.0. The number of piperazine rings is 1. The van der Waals surface area contributed by atoms with Gasteiger partial charge in [-0.05, 0) is 24.3 Å². The molecule has 3 aromatic rings. The molecule has 0 saturated carbocycles. The van der Waals surface area contributed by atoms with Crippen LogP contribution in [0.25, 0.3) is 10.9 Å². The highest BCUT2D eigenvalue weighted by Gasteiger charge is 2.24. The van der Waals surface area contributed by atoms with E-state index in [4.69, 9.17) is 11.6 Å². The Balaban J connectivity index is 1.31. The number of halogens is 1. The molecule has 0 aliphatic carbocycles. The molecule has 6 nitrogen and oxygen atoms in total. The fraction of sp³-hybridized carbons (Fsp3) is 0.238. The minimum atomic E-state index is -0.108. The molecule has 144 valence electrons. The van der Waals surface area contributed by atoms with Gasteiger partial charge in [0.15, 0.2) is 0 Å². The van der Waals surface area contributed by atoms with E-state index in [1.54, 1.807) is 12.1 Å². The van der Waals surface area contributed by atoms with Gasteiger partial charge in [-0.3, -0.25) is 14.5 Å². The molecule has 1 fully saturated rings. The Bertz CT molecular complexity index is 975. The maximum Gasteiger partial charge on any atom is 0.270 e. The second-order valence-electron chi connectivity index (χ2n) is 6.87. The molecule has 2 amide bonds. The molecule has 28 heavy (non-hydrogen) atoms. The van der Waals surface area contributed by atoms with Gasteiger partial charge in [0.2, 0.25) is 5.91 Å². The summed E-state index contributed by atoms with van der Waals surface area (Å²) in [6, 6.07) is 16.9. The zero-order valence-electron chi connectivity index (χ0n) is 15.3. The summed E-state index contributed by atoms with van der Waals surface area (Å²) in [5.41, 5.74) is 2.17. The summed E-state index contributed by atoms with van der Waals surface area (Å²) in [6.45, 7) is 2.77. The Hall–Kier alpha value is -2.83. The van der Waals surface area contributed by atoms with Crippen molar-refractivity contribution in [1.29, 1.82) is 0 Å². The predicted octanol–water partition coefficient (Wildman–Crippen LogP) is 3.22. The molecule has 0 atom stereocenters. The van der Waals surface area contributed by atoms with Gasteiger partial charge >= 0.3 is 0 Å². The predicted molar refractivity (Wildman–Crippen MR) is 111 cm³/mol. The molecule has 2 aromatic carbocycles. The summed E-state index contributed by atoms with van der Waals surface area (Å²) >= 11 is 6.08. The Morgan fingerprint density at radius 3 is 2.46 bits per heavy atom. The molecule has 0 bridgehead atoms. The second-order valence-corrected chi connectivity index (χ2v) is 7.27. The Morgan fingerprint density at radius 2 is 1.71 bits per heavy atom. The first-order chi connectivity index (χ1) is 13.6. The fourth-order valence-electron chi connectivity index (χ4n) is 3.42. The van der Waals surface area contributed by atoms with Crippen molar-refractivity contribution in [2.45, 2.75) is 0 Å². The summed E-state index contributed by atoms with van der Waals surface area (Å²) < 4.78 is 0. The number of aromatic amines is 1. The number of carbonyl (C=O) groups is 2. The van der Waals surface area contributed by atoms with Gasteiger partial charge in [-0.15, -0.1) is 0 Å². The van der Waals surface area contributed by atoms with E-state index in [0.717, 1.165) is 10.9 Å². The lowest BCUT2D eigenvalue weighted by atomic mass is 10.2. The molecule has 0 unspecified atom stereocenters. The van der Waals surface area contributed by atoms with E-state index < -0.39 is 0 Å². The van der Waals surface area contributed by atoms with E-state index in [1.165, 1.54) is 0 Å². The van der Waals surface area contributed by atoms with Crippen LogP contribution in [0.1, 0.15) is 10.5 Å². The first-order valence-corrected chi connectivity index (χ1v) is 9.62. The first kappa shape index (κ1) is 18.5. The van der Waals surface area contributed by atoms with Crippen LogP contribution in [0.2, 0.25) is 5.02 Å². The van der Waals surface area contributed by atoms with Gasteiger partial charge in [-0.2, -0.15) is 0 Å². The molecule has 1 aliphatic heterocycles. The summed E-state index contributed by atoms with van der Waals surface area (Å²) in [7, 11) is 0. The van der Waals surface area contributed by atoms with Crippen LogP contribution in [0.3, 0.4) is 0 Å². The number of nitrogens with one attached hydrogen (secondary N) is 2. The van der Waals surface area contributed by atoms with Crippen LogP contribution >= 0.6 is 11.6 Å². The highest BCUT2D eigenvalue weighted by molar-refractivity contribution is 6.33. The SMILES string of the molecule is O=C(CN1CCN(C(=O)c2cc3ccccc3[nH]2)CC1)Nc1ccccc1Cl. The molecule has 1 saturated heterocycles. The van der Waals surface area contributed by atoms with Crippen molar-refractivity contribution >= 4 is 40.0 Å². The number of amides is 2. The standard InChI is InChI=1S/C21H21ClN4O2/c22-16-6-2-4-8-18(16)24-20(27)14-25-9-11-26(12-10-25)21(28)19-13-15-5-1-3-7-17(15)23-19/h1-8,13,23H,9-12,14H2,(H,24,27). The average Bonchev–Trinajstić information content (AvgIpc) is 3.14. The molecular formula is C21H21ClN4O2. The van der Waals surface area contributed by atoms with Gasteiger partial charge in [0.25, 0.3) is 5.91 Å². The number of H-pyrrole nitrogens is 1. The van der Waals surface area contributed by atoms with E-state index in [1.807, 2.05) is 52.3 Å². The van der Waals surface area contributed by atoms with Crippen molar-refractivity contribution in [3.05, 3.63) is 65.3 Å². The monoisotopic (exact) mass is 396 g/mol. The lowest BCUT2D eigenvalue weighted by Crippen LogP contribution is -2.50. The van der Waals surface area contributed by atoms with Crippen molar-refractivity contribution in [2.24, 2.45) is 0 Å². The molecule has 2 N–H and O–H groups in total. The molecule has 0 spiro atoms. The minimum absolute atomic E-state index is 0.00336. The number of hydrogen-bond donors (Lipinski definition) is 2. The third-order valence-corrected chi connectivity index (χ3v) is 5.26. The Kier molecular flexibility index (Phi) is 5.32. The van der Waals surface area contributed by atoms with Crippen LogP contribution in [0, 0.1) is 0 Å². The third-order valence-electron chi connectivity index (χ3n) is 4.94. The van der Waals surface area contributed by atoms with Crippen LogP contribution in [-0.2, 0) is 4.79 Å². The zero-order valence-corrected chi connectivity index (χ0v) is 16.1. The van der Waals surface area contributed by atoms with Crippen molar-refractivity contribution in [1.82, 2.24) is 14.8 Å². The molecule has 7 heteroatoms. The van der Waals surface area contributed by atoms with E-state index in [2.05, 4.69) is 10.3 Å². The number of para-hydroxylation sites is 2. The first-order valence-electron chi connectivity index (χ1n) is 9.24. The maximum absolute atomic E-state index is 12.8. The van der Waals surface area contributed by atoms with Gasteiger partial charge in [0.05, 0.1) is 17.3 Å². The van der Waals surface area contributed by atoms with Gasteiger partial charge in [-0.25, -0.2) is 0 Å². The zero-order chi connectivity index (χ0) is 19.5. The lowest BCUT2D eigenvalue weighted by Gasteiger charge is -2.34. The summed E-state index contributed by atoms with van der Waals surface area (Å²) in [5.74, 6) is -0.111. The van der Waals surface area contributed by atoms with Crippen LogP contribution in [0.5, 0.6) is 0 Å². The Labute approximate surface area is 168 Å². The number of aromatic nitrogens is 1. The number of carbonyl (C=O) groups excluding carboxylic acids is 2. The topological polar surface area (TPSA) is 68.4 Å². The van der Waals surface area contributed by atoms with E-state index in [0.29, 0.717) is 42.6 Å².